The topological polar surface area (TPSA) is 29.5 Å². The zero-order chi connectivity index (χ0) is 7.98. The van der Waals surface area contributed by atoms with Crippen LogP contribution in [0.1, 0.15) is 19.8 Å². The summed E-state index contributed by atoms with van der Waals surface area (Å²) in [5.74, 6) is 0. The Morgan fingerprint density at radius 2 is 2.20 bits per heavy atom. The predicted octanol–water partition coefficient (Wildman–Crippen LogP) is 1.09. The molecule has 1 fully saturated rings. The zero-order valence-corrected chi connectivity index (χ0v) is 7.47. The maximum atomic E-state index is 7.00. The van der Waals surface area contributed by atoms with Crippen molar-refractivity contribution in [3.63, 3.8) is 0 Å². The Bertz CT molecular complexity index is 78.0. The smallest absolute Gasteiger partial charge is 0.0689 e. The van der Waals surface area contributed by atoms with E-state index in [4.69, 9.17) is 9.84 Å². The molecule has 0 aromatic heterocycles. The first-order valence-electron chi connectivity index (χ1n) is 3.59. The van der Waals surface area contributed by atoms with Crippen LogP contribution in [0.25, 0.3) is 0 Å². The van der Waals surface area contributed by atoms with E-state index >= 15 is 0 Å². The van der Waals surface area contributed by atoms with Crippen LogP contribution < -0.4 is 0 Å². The lowest BCUT2D eigenvalue weighted by molar-refractivity contribution is 0.110. The fraction of sp³-hybridized carbons (Fsp3) is 1.00. The van der Waals surface area contributed by atoms with Crippen LogP contribution in [-0.2, 0) is 4.74 Å². The second kappa shape index (κ2) is 6.01. The number of hydrogen-bond acceptors (Lipinski definition) is 3. The molecule has 1 unspecified atom stereocenters. The number of aliphatic hydroxyl groups is 1. The monoisotopic (exact) mass is 164 g/mol. The molecule has 0 aliphatic carbocycles. The molecule has 10 heavy (non-hydrogen) atoms. The second-order valence-corrected chi connectivity index (χ2v) is 2.84. The summed E-state index contributed by atoms with van der Waals surface area (Å²) in [6, 6.07) is 0. The van der Waals surface area contributed by atoms with Gasteiger partial charge in [-0.2, -0.15) is 12.6 Å². The van der Waals surface area contributed by atoms with Gasteiger partial charge < -0.3 is 9.84 Å². The van der Waals surface area contributed by atoms with Crippen molar-refractivity contribution in [3.8, 4) is 0 Å². The van der Waals surface area contributed by atoms with Gasteiger partial charge in [0.1, 0.15) is 0 Å². The fourth-order valence-electron chi connectivity index (χ4n) is 1.03. The Morgan fingerprint density at radius 3 is 2.40 bits per heavy atom. The highest BCUT2D eigenvalue weighted by Gasteiger charge is 2.22. The summed E-state index contributed by atoms with van der Waals surface area (Å²) in [5.41, 5.74) is 0. The van der Waals surface area contributed by atoms with E-state index in [2.05, 4.69) is 19.6 Å². The van der Waals surface area contributed by atoms with Gasteiger partial charge in [0.25, 0.3) is 0 Å². The standard InChI is InChI=1S/C6H12OS.CH4O/c1-2-5-6(8)3-4-7-5;1-2/h5-6,8H,2-4H2,1H3;2H,1H3/t5-,6?;/m0./s1. The van der Waals surface area contributed by atoms with Gasteiger partial charge in [-0.15, -0.1) is 0 Å². The van der Waals surface area contributed by atoms with Crippen molar-refractivity contribution in [1.82, 2.24) is 0 Å². The van der Waals surface area contributed by atoms with Crippen molar-refractivity contribution in [2.45, 2.75) is 31.1 Å². The summed E-state index contributed by atoms with van der Waals surface area (Å²) in [7, 11) is 1.00. The molecular formula is C7H16O2S. The summed E-state index contributed by atoms with van der Waals surface area (Å²) in [6.45, 7) is 3.05. The molecule has 0 aromatic carbocycles. The molecule has 0 radical (unpaired) electrons. The molecule has 0 aromatic rings. The van der Waals surface area contributed by atoms with E-state index in [-0.39, 0.29) is 0 Å². The highest BCUT2D eigenvalue weighted by atomic mass is 32.1. The Labute approximate surface area is 68.0 Å². The van der Waals surface area contributed by atoms with Crippen molar-refractivity contribution < 1.29 is 9.84 Å². The third-order valence-electron chi connectivity index (χ3n) is 1.58. The van der Waals surface area contributed by atoms with E-state index < -0.39 is 0 Å². The average Bonchev–Trinajstić information content (AvgIpc) is 2.39. The summed E-state index contributed by atoms with van der Waals surface area (Å²) in [5, 5.41) is 7.50. The Balaban J connectivity index is 0.000000371. The lowest BCUT2D eigenvalue weighted by atomic mass is 10.2. The van der Waals surface area contributed by atoms with Crippen LogP contribution >= 0.6 is 12.6 Å². The number of rotatable bonds is 1. The number of hydrogen-bond donors (Lipinski definition) is 2. The largest absolute Gasteiger partial charge is 0.400 e. The van der Waals surface area contributed by atoms with Gasteiger partial charge >= 0.3 is 0 Å². The normalized spacial score (nSPS) is 31.2. The number of aliphatic hydroxyl groups excluding tert-OH is 1. The van der Waals surface area contributed by atoms with Crippen LogP contribution in [0.4, 0.5) is 0 Å². The van der Waals surface area contributed by atoms with E-state index in [1.807, 2.05) is 0 Å². The molecule has 0 spiro atoms. The first-order chi connectivity index (χ1) is 4.84. The van der Waals surface area contributed by atoms with Crippen LogP contribution in [0.5, 0.6) is 0 Å². The van der Waals surface area contributed by atoms with Crippen molar-refractivity contribution in [2.75, 3.05) is 13.7 Å². The molecule has 1 heterocycles. The molecule has 1 N–H and O–H groups in total. The van der Waals surface area contributed by atoms with E-state index in [0.717, 1.165) is 26.6 Å². The molecule has 1 saturated heterocycles. The molecule has 0 saturated carbocycles. The molecule has 62 valence electrons. The van der Waals surface area contributed by atoms with Crippen LogP contribution in [-0.4, -0.2) is 30.2 Å². The van der Waals surface area contributed by atoms with Gasteiger partial charge in [0, 0.05) is 19.0 Å². The molecule has 1 aliphatic heterocycles. The SMILES string of the molecule is CC[C@@H]1OCCC1S.CO. The minimum atomic E-state index is 0.429. The van der Waals surface area contributed by atoms with Gasteiger partial charge in [-0.05, 0) is 12.8 Å². The molecule has 2 atom stereocenters. The van der Waals surface area contributed by atoms with Crippen molar-refractivity contribution in [3.05, 3.63) is 0 Å². The highest BCUT2D eigenvalue weighted by Crippen LogP contribution is 2.20. The van der Waals surface area contributed by atoms with Crippen molar-refractivity contribution in [2.24, 2.45) is 0 Å². The Hall–Kier alpha value is 0.270. The molecule has 2 nitrogen and oxygen atoms in total. The molecule has 0 bridgehead atoms. The van der Waals surface area contributed by atoms with Gasteiger partial charge in [0.05, 0.1) is 6.10 Å². The Kier molecular flexibility index (Phi) is 6.17. The molecular weight excluding hydrogens is 148 g/mol. The number of ether oxygens (including phenoxy) is 1. The maximum Gasteiger partial charge on any atom is 0.0689 e. The minimum Gasteiger partial charge on any atom is -0.400 e. The first kappa shape index (κ1) is 10.3. The van der Waals surface area contributed by atoms with Crippen LogP contribution in [0, 0.1) is 0 Å². The predicted molar refractivity (Wildman–Crippen MR) is 45.6 cm³/mol. The van der Waals surface area contributed by atoms with Crippen LogP contribution in [0.3, 0.4) is 0 Å². The highest BCUT2D eigenvalue weighted by molar-refractivity contribution is 7.81. The zero-order valence-electron chi connectivity index (χ0n) is 6.58. The lowest BCUT2D eigenvalue weighted by Gasteiger charge is -2.08. The van der Waals surface area contributed by atoms with E-state index in [9.17, 15) is 0 Å². The average molecular weight is 164 g/mol. The van der Waals surface area contributed by atoms with Gasteiger partial charge in [-0.25, -0.2) is 0 Å². The first-order valence-corrected chi connectivity index (χ1v) is 4.10. The Morgan fingerprint density at radius 1 is 1.60 bits per heavy atom. The second-order valence-electron chi connectivity index (χ2n) is 2.17. The quantitative estimate of drug-likeness (QED) is 0.568. The molecule has 1 rings (SSSR count). The minimum absolute atomic E-state index is 0.429. The van der Waals surface area contributed by atoms with Crippen molar-refractivity contribution in [1.29, 1.82) is 0 Å². The van der Waals surface area contributed by atoms with Gasteiger partial charge in [0.15, 0.2) is 0 Å². The third kappa shape index (κ3) is 2.90. The van der Waals surface area contributed by atoms with Gasteiger partial charge in [-0.3, -0.25) is 0 Å². The van der Waals surface area contributed by atoms with Crippen LogP contribution in [0.2, 0.25) is 0 Å². The van der Waals surface area contributed by atoms with E-state index in [1.54, 1.807) is 0 Å². The van der Waals surface area contributed by atoms with Crippen LogP contribution in [0.15, 0.2) is 0 Å². The summed E-state index contributed by atoms with van der Waals surface area (Å²) < 4.78 is 5.34. The van der Waals surface area contributed by atoms with Gasteiger partial charge in [0.2, 0.25) is 0 Å². The number of thiol groups is 1. The lowest BCUT2D eigenvalue weighted by Crippen LogP contribution is -2.13. The van der Waals surface area contributed by atoms with E-state index in [0.29, 0.717) is 11.4 Å². The van der Waals surface area contributed by atoms with E-state index in [1.165, 1.54) is 0 Å². The fourth-order valence-corrected chi connectivity index (χ4v) is 1.43. The van der Waals surface area contributed by atoms with Gasteiger partial charge in [-0.1, -0.05) is 6.92 Å². The summed E-state index contributed by atoms with van der Waals surface area (Å²) in [6.07, 6.45) is 2.66. The molecule has 0 amide bonds. The summed E-state index contributed by atoms with van der Waals surface area (Å²) in [4.78, 5) is 0. The maximum absolute atomic E-state index is 7.00. The molecule has 1 aliphatic rings. The molecule has 3 heteroatoms. The summed E-state index contributed by atoms with van der Waals surface area (Å²) >= 11 is 4.34. The third-order valence-corrected chi connectivity index (χ3v) is 2.17. The van der Waals surface area contributed by atoms with Crippen molar-refractivity contribution >= 4 is 12.6 Å².